The fraction of sp³-hybridized carbons (Fsp3) is 0.0476. The van der Waals surface area contributed by atoms with E-state index in [1.807, 2.05) is 41.9 Å². The lowest BCUT2D eigenvalue weighted by Crippen LogP contribution is -2.23. The van der Waals surface area contributed by atoms with Gasteiger partial charge in [0.2, 0.25) is 0 Å². The third kappa shape index (κ3) is 4.34. The molecule has 4 aromatic rings. The Balaban J connectivity index is 1.64. The van der Waals surface area contributed by atoms with Crippen molar-refractivity contribution in [1.82, 2.24) is 4.98 Å². The number of amides is 1. The number of para-hydroxylation sites is 1. The average molecular weight is 455 g/mol. The Labute approximate surface area is 184 Å². The second-order valence-electron chi connectivity index (χ2n) is 6.33. The number of nitrogens with one attached hydrogen (secondary N) is 1. The van der Waals surface area contributed by atoms with E-state index < -0.39 is 17.2 Å². The number of carbonyl (C=O) groups excluding carboxylic acids is 1. The molecule has 0 fully saturated rings. The van der Waals surface area contributed by atoms with E-state index in [1.165, 1.54) is 11.3 Å². The highest BCUT2D eigenvalue weighted by Crippen LogP contribution is 2.32. The third-order valence-corrected chi connectivity index (χ3v) is 6.64. The summed E-state index contributed by atoms with van der Waals surface area (Å²) in [6.07, 6.45) is 0. The van der Waals surface area contributed by atoms with E-state index in [4.69, 9.17) is 0 Å². The zero-order valence-corrected chi connectivity index (χ0v) is 18.2. The lowest BCUT2D eigenvalue weighted by atomic mass is 10.1. The molecule has 0 saturated heterocycles. The van der Waals surface area contributed by atoms with E-state index in [0.717, 1.165) is 20.4 Å². The Bertz CT molecular complexity index is 1190. The molecule has 1 unspecified atom stereocenters. The van der Waals surface area contributed by atoms with Crippen molar-refractivity contribution in [3.63, 3.8) is 0 Å². The number of benzene rings is 2. The van der Waals surface area contributed by atoms with E-state index in [-0.39, 0.29) is 11.3 Å². The standard InChI is InChI=1S/C21H17N3O3S3/c1-14-8-10-15(11-9-14)24(30(26)27)18-6-3-2-5-16(18)20(25)23-21-22-17(13-29-21)19-7-4-12-28-19/h2-13H,1H3,(H,26,27)(H,22,23,25)/p-1. The smallest absolute Gasteiger partial charge is 0.259 e. The molecule has 1 N–H and O–H groups in total. The van der Waals surface area contributed by atoms with Crippen molar-refractivity contribution in [1.29, 1.82) is 0 Å². The SMILES string of the molecule is Cc1ccc(N(c2ccccc2C(=O)Nc2nc(-c3cccs3)cs2)S(=O)[O-])cc1. The van der Waals surface area contributed by atoms with Gasteiger partial charge in [0.1, 0.15) is 0 Å². The first-order valence-corrected chi connectivity index (χ1v) is 11.7. The van der Waals surface area contributed by atoms with E-state index >= 15 is 0 Å². The first-order chi connectivity index (χ1) is 14.5. The number of hydrogen-bond acceptors (Lipinski definition) is 6. The minimum Gasteiger partial charge on any atom is -0.755 e. The van der Waals surface area contributed by atoms with Crippen molar-refractivity contribution < 1.29 is 13.6 Å². The van der Waals surface area contributed by atoms with Gasteiger partial charge in [0, 0.05) is 5.38 Å². The topological polar surface area (TPSA) is 85.4 Å². The zero-order valence-electron chi connectivity index (χ0n) is 15.8. The second kappa shape index (κ2) is 8.88. The summed E-state index contributed by atoms with van der Waals surface area (Å²) in [6.45, 7) is 1.92. The molecule has 1 atom stereocenters. The van der Waals surface area contributed by atoms with Gasteiger partial charge in [-0.25, -0.2) is 4.98 Å². The summed E-state index contributed by atoms with van der Waals surface area (Å²) in [7, 11) is 0. The molecule has 2 aromatic carbocycles. The van der Waals surface area contributed by atoms with Crippen LogP contribution in [0.3, 0.4) is 0 Å². The van der Waals surface area contributed by atoms with E-state index in [0.29, 0.717) is 10.8 Å². The van der Waals surface area contributed by atoms with Crippen molar-refractivity contribution in [3.05, 3.63) is 82.6 Å². The Morgan fingerprint density at radius 2 is 1.83 bits per heavy atom. The lowest BCUT2D eigenvalue weighted by molar-refractivity contribution is 0.102. The van der Waals surface area contributed by atoms with Crippen LogP contribution in [0.5, 0.6) is 0 Å². The first kappa shape index (κ1) is 20.4. The normalized spacial score (nSPS) is 11.8. The number of carbonyl (C=O) groups is 1. The monoisotopic (exact) mass is 454 g/mol. The Morgan fingerprint density at radius 1 is 1.07 bits per heavy atom. The molecule has 152 valence electrons. The fourth-order valence-electron chi connectivity index (χ4n) is 2.86. The van der Waals surface area contributed by atoms with E-state index in [1.54, 1.807) is 47.7 Å². The van der Waals surface area contributed by atoms with Crippen LogP contribution in [0.25, 0.3) is 10.6 Å². The lowest BCUT2D eigenvalue weighted by Gasteiger charge is -2.28. The third-order valence-electron chi connectivity index (χ3n) is 4.28. The molecule has 0 bridgehead atoms. The van der Waals surface area contributed by atoms with Crippen LogP contribution in [0.4, 0.5) is 16.5 Å². The summed E-state index contributed by atoms with van der Waals surface area (Å²) in [4.78, 5) is 18.4. The first-order valence-electron chi connectivity index (χ1n) is 8.89. The minimum atomic E-state index is -2.61. The van der Waals surface area contributed by atoms with Crippen LogP contribution in [0.1, 0.15) is 15.9 Å². The summed E-state index contributed by atoms with van der Waals surface area (Å²) in [5, 5.41) is 7.07. The summed E-state index contributed by atoms with van der Waals surface area (Å²) >= 11 is 0.277. The van der Waals surface area contributed by atoms with Crippen LogP contribution in [0.15, 0.2) is 71.4 Å². The zero-order chi connectivity index (χ0) is 21.1. The maximum absolute atomic E-state index is 13.0. The van der Waals surface area contributed by atoms with Gasteiger partial charge in [0.15, 0.2) is 5.13 Å². The van der Waals surface area contributed by atoms with Crippen LogP contribution >= 0.6 is 22.7 Å². The molecule has 0 aliphatic carbocycles. The summed E-state index contributed by atoms with van der Waals surface area (Å²) in [5.41, 5.74) is 2.74. The van der Waals surface area contributed by atoms with Crippen LogP contribution in [0.2, 0.25) is 0 Å². The highest BCUT2D eigenvalue weighted by molar-refractivity contribution is 7.81. The molecule has 4 rings (SSSR count). The van der Waals surface area contributed by atoms with Crippen molar-refractivity contribution in [2.45, 2.75) is 6.92 Å². The number of rotatable bonds is 6. The summed E-state index contributed by atoms with van der Waals surface area (Å²) in [5.74, 6) is -0.430. The molecule has 0 spiro atoms. The maximum Gasteiger partial charge on any atom is 0.259 e. The largest absolute Gasteiger partial charge is 0.755 e. The Kier molecular flexibility index (Phi) is 6.05. The molecule has 0 saturated carbocycles. The predicted molar refractivity (Wildman–Crippen MR) is 122 cm³/mol. The van der Waals surface area contributed by atoms with Crippen molar-refractivity contribution >= 4 is 56.4 Å². The summed E-state index contributed by atoms with van der Waals surface area (Å²) < 4.78 is 25.2. The predicted octanol–water partition coefficient (Wildman–Crippen LogP) is 5.36. The number of thiazole rings is 1. The Hall–Kier alpha value is -2.85. The molecule has 2 aromatic heterocycles. The maximum atomic E-state index is 13.0. The number of hydrogen-bond donors (Lipinski definition) is 1. The molecular weight excluding hydrogens is 438 g/mol. The Morgan fingerprint density at radius 3 is 2.53 bits per heavy atom. The fourth-order valence-corrected chi connectivity index (χ4v) is 4.94. The van der Waals surface area contributed by atoms with Crippen LogP contribution in [-0.2, 0) is 11.3 Å². The van der Waals surface area contributed by atoms with Gasteiger partial charge in [-0.15, -0.1) is 22.7 Å². The highest BCUT2D eigenvalue weighted by atomic mass is 32.2. The number of thiophene rings is 1. The van der Waals surface area contributed by atoms with Gasteiger partial charge in [-0.3, -0.25) is 18.6 Å². The molecule has 0 radical (unpaired) electrons. The summed E-state index contributed by atoms with van der Waals surface area (Å²) in [6, 6.07) is 17.5. The van der Waals surface area contributed by atoms with Gasteiger partial charge < -0.3 is 4.55 Å². The molecule has 0 aliphatic heterocycles. The molecule has 2 heterocycles. The number of nitrogens with zero attached hydrogens (tertiary/aromatic N) is 2. The average Bonchev–Trinajstić information content (AvgIpc) is 3.41. The molecule has 9 heteroatoms. The number of anilines is 3. The van der Waals surface area contributed by atoms with E-state index in [9.17, 15) is 13.6 Å². The number of aryl methyl sites for hydroxylation is 1. The molecule has 1 amide bonds. The highest BCUT2D eigenvalue weighted by Gasteiger charge is 2.20. The van der Waals surface area contributed by atoms with Crippen molar-refractivity contribution in [2.75, 3.05) is 9.62 Å². The van der Waals surface area contributed by atoms with Crippen LogP contribution in [0, 0.1) is 6.92 Å². The van der Waals surface area contributed by atoms with Gasteiger partial charge in [-0.05, 0) is 42.6 Å². The second-order valence-corrected chi connectivity index (χ2v) is 8.94. The quantitative estimate of drug-likeness (QED) is 0.397. The van der Waals surface area contributed by atoms with Gasteiger partial charge in [-0.1, -0.05) is 35.9 Å². The van der Waals surface area contributed by atoms with Crippen LogP contribution < -0.4 is 9.62 Å². The minimum absolute atomic E-state index is 0.232. The molecule has 6 nitrogen and oxygen atoms in total. The van der Waals surface area contributed by atoms with Gasteiger partial charge >= 0.3 is 0 Å². The molecular formula is C21H16N3O3S3-. The molecule has 30 heavy (non-hydrogen) atoms. The molecule has 0 aliphatic rings. The van der Waals surface area contributed by atoms with Gasteiger partial charge in [0.25, 0.3) is 5.91 Å². The van der Waals surface area contributed by atoms with Crippen molar-refractivity contribution in [3.8, 4) is 10.6 Å². The van der Waals surface area contributed by atoms with Crippen molar-refractivity contribution in [2.24, 2.45) is 0 Å². The van der Waals surface area contributed by atoms with E-state index in [2.05, 4.69) is 10.3 Å². The van der Waals surface area contributed by atoms with Gasteiger partial charge in [-0.2, -0.15) is 0 Å². The van der Waals surface area contributed by atoms with Crippen LogP contribution in [-0.4, -0.2) is 19.7 Å². The van der Waals surface area contributed by atoms with Gasteiger partial charge in [0.05, 0.1) is 38.8 Å². The number of aromatic nitrogens is 1.